The van der Waals surface area contributed by atoms with E-state index in [1.165, 1.54) is 0 Å². The zero-order valence-electron chi connectivity index (χ0n) is 8.76. The minimum absolute atomic E-state index is 0.300. The maximum Gasteiger partial charge on any atom is 0.252 e. The molecule has 0 aliphatic heterocycles. The van der Waals surface area contributed by atoms with Crippen LogP contribution >= 0.6 is 11.6 Å². The summed E-state index contributed by atoms with van der Waals surface area (Å²) in [5.74, 6) is 0.114. The first-order valence-electron chi connectivity index (χ1n) is 4.86. The third-order valence-corrected chi connectivity index (χ3v) is 2.27. The van der Waals surface area contributed by atoms with Crippen molar-refractivity contribution in [2.24, 2.45) is 5.73 Å². The lowest BCUT2D eigenvalue weighted by atomic mass is 10.2. The van der Waals surface area contributed by atoms with E-state index in [2.05, 4.69) is 4.98 Å². The molecule has 0 spiro atoms. The molecule has 0 aliphatic carbocycles. The topological polar surface area (TPSA) is 65.2 Å². The Hall–Kier alpha value is -2.07. The molecule has 0 saturated heterocycles. The van der Waals surface area contributed by atoms with E-state index < -0.39 is 5.91 Å². The fourth-order valence-electron chi connectivity index (χ4n) is 1.32. The number of nitrogens with two attached hydrogens (primary N) is 1. The van der Waals surface area contributed by atoms with E-state index in [0.717, 1.165) is 0 Å². The van der Waals surface area contributed by atoms with E-state index in [4.69, 9.17) is 22.1 Å². The number of amides is 1. The van der Waals surface area contributed by atoms with Crippen LogP contribution in [0.1, 0.15) is 10.4 Å². The Balaban J connectivity index is 2.33. The fraction of sp³-hybridized carbons (Fsp3) is 0. The zero-order valence-corrected chi connectivity index (χ0v) is 9.52. The molecule has 0 bridgehead atoms. The highest BCUT2D eigenvalue weighted by molar-refractivity contribution is 6.29. The maximum absolute atomic E-state index is 11.2. The van der Waals surface area contributed by atoms with Crippen LogP contribution in [0.15, 0.2) is 42.5 Å². The Kier molecular flexibility index (Phi) is 3.25. The van der Waals surface area contributed by atoms with Crippen molar-refractivity contribution in [1.82, 2.24) is 4.98 Å². The van der Waals surface area contributed by atoms with Crippen molar-refractivity contribution < 1.29 is 9.53 Å². The van der Waals surface area contributed by atoms with Gasteiger partial charge in [-0.15, -0.1) is 0 Å². The third-order valence-electron chi connectivity index (χ3n) is 2.06. The van der Waals surface area contributed by atoms with Crippen LogP contribution in [0.5, 0.6) is 11.6 Å². The molecule has 17 heavy (non-hydrogen) atoms. The zero-order chi connectivity index (χ0) is 12.3. The molecule has 2 aromatic rings. The number of aromatic nitrogens is 1. The van der Waals surface area contributed by atoms with Gasteiger partial charge >= 0.3 is 0 Å². The summed E-state index contributed by atoms with van der Waals surface area (Å²) in [6.45, 7) is 0. The highest BCUT2D eigenvalue weighted by Gasteiger charge is 2.09. The van der Waals surface area contributed by atoms with Crippen molar-refractivity contribution in [1.29, 1.82) is 0 Å². The molecule has 0 saturated carbocycles. The number of rotatable bonds is 3. The lowest BCUT2D eigenvalue weighted by Crippen LogP contribution is -2.12. The van der Waals surface area contributed by atoms with Crippen LogP contribution in [0.3, 0.4) is 0 Å². The largest absolute Gasteiger partial charge is 0.438 e. The summed E-state index contributed by atoms with van der Waals surface area (Å²) in [5.41, 5.74) is 5.53. The van der Waals surface area contributed by atoms with Crippen LogP contribution in [0.25, 0.3) is 0 Å². The third kappa shape index (κ3) is 2.73. The van der Waals surface area contributed by atoms with Gasteiger partial charge in [0.1, 0.15) is 10.9 Å². The number of carbonyl (C=O) groups is 1. The van der Waals surface area contributed by atoms with Crippen molar-refractivity contribution in [3.05, 3.63) is 53.2 Å². The molecule has 1 aromatic carbocycles. The molecular weight excluding hydrogens is 240 g/mol. The van der Waals surface area contributed by atoms with Crippen LogP contribution in [-0.2, 0) is 0 Å². The molecule has 0 radical (unpaired) electrons. The fourth-order valence-corrected chi connectivity index (χ4v) is 1.47. The first-order chi connectivity index (χ1) is 8.16. The van der Waals surface area contributed by atoms with Crippen molar-refractivity contribution in [3.8, 4) is 11.6 Å². The van der Waals surface area contributed by atoms with E-state index >= 15 is 0 Å². The lowest BCUT2D eigenvalue weighted by molar-refractivity contribution is 0.0998. The molecule has 1 heterocycles. The maximum atomic E-state index is 11.2. The van der Waals surface area contributed by atoms with Gasteiger partial charge in [0, 0.05) is 6.07 Å². The first kappa shape index (κ1) is 11.4. The standard InChI is InChI=1S/C12H9ClN2O2/c13-10-6-3-7-11(15-10)17-9-5-2-1-4-8(9)12(14)16/h1-7H,(H2,14,16). The lowest BCUT2D eigenvalue weighted by Gasteiger charge is -2.07. The second kappa shape index (κ2) is 4.84. The molecule has 0 unspecified atom stereocenters. The molecule has 2 rings (SSSR count). The molecule has 1 aromatic heterocycles. The van der Waals surface area contributed by atoms with E-state index in [1.807, 2.05) is 0 Å². The van der Waals surface area contributed by atoms with Gasteiger partial charge < -0.3 is 10.5 Å². The number of halogens is 1. The van der Waals surface area contributed by atoms with Crippen LogP contribution in [-0.4, -0.2) is 10.9 Å². The Bertz CT molecular complexity index is 558. The summed E-state index contributed by atoms with van der Waals surface area (Å²) in [4.78, 5) is 15.1. The van der Waals surface area contributed by atoms with Gasteiger partial charge in [-0.3, -0.25) is 4.79 Å². The summed E-state index contributed by atoms with van der Waals surface area (Å²) < 4.78 is 5.46. The molecule has 5 heteroatoms. The van der Waals surface area contributed by atoms with Crippen molar-refractivity contribution >= 4 is 17.5 Å². The summed E-state index contributed by atoms with van der Waals surface area (Å²) in [5, 5.41) is 0.319. The minimum atomic E-state index is -0.553. The summed E-state index contributed by atoms with van der Waals surface area (Å²) in [6.07, 6.45) is 0. The smallest absolute Gasteiger partial charge is 0.252 e. The van der Waals surface area contributed by atoms with Gasteiger partial charge in [-0.1, -0.05) is 29.8 Å². The number of para-hydroxylation sites is 1. The van der Waals surface area contributed by atoms with Gasteiger partial charge in [-0.2, -0.15) is 0 Å². The average Bonchev–Trinajstić information content (AvgIpc) is 2.29. The Morgan fingerprint density at radius 3 is 2.65 bits per heavy atom. The van der Waals surface area contributed by atoms with Crippen LogP contribution in [0, 0.1) is 0 Å². The predicted molar refractivity (Wildman–Crippen MR) is 64.3 cm³/mol. The number of benzene rings is 1. The number of primary amides is 1. The van der Waals surface area contributed by atoms with Gasteiger partial charge in [0.05, 0.1) is 5.56 Å². The van der Waals surface area contributed by atoms with Gasteiger partial charge in [-0.05, 0) is 18.2 Å². The van der Waals surface area contributed by atoms with E-state index in [-0.39, 0.29) is 0 Å². The van der Waals surface area contributed by atoms with E-state index in [1.54, 1.807) is 42.5 Å². The summed E-state index contributed by atoms with van der Waals surface area (Å²) in [7, 11) is 0. The molecule has 0 aliphatic rings. The predicted octanol–water partition coefficient (Wildman–Crippen LogP) is 2.63. The molecule has 86 valence electrons. The number of ether oxygens (including phenoxy) is 1. The highest BCUT2D eigenvalue weighted by atomic mass is 35.5. The molecule has 0 atom stereocenters. The summed E-state index contributed by atoms with van der Waals surface area (Å²) >= 11 is 5.73. The van der Waals surface area contributed by atoms with Gasteiger partial charge in [0.25, 0.3) is 5.91 Å². The molecule has 0 fully saturated rings. The minimum Gasteiger partial charge on any atom is -0.438 e. The quantitative estimate of drug-likeness (QED) is 0.849. The first-order valence-corrected chi connectivity index (χ1v) is 5.24. The number of nitrogens with zero attached hydrogens (tertiary/aromatic N) is 1. The molecular formula is C12H9ClN2O2. The molecule has 1 amide bonds. The molecule has 4 nitrogen and oxygen atoms in total. The Labute approximate surface area is 103 Å². The van der Waals surface area contributed by atoms with Crippen molar-refractivity contribution in [2.45, 2.75) is 0 Å². The van der Waals surface area contributed by atoms with Crippen LogP contribution in [0.4, 0.5) is 0 Å². The highest BCUT2D eigenvalue weighted by Crippen LogP contribution is 2.24. The van der Waals surface area contributed by atoms with Crippen molar-refractivity contribution in [3.63, 3.8) is 0 Å². The van der Waals surface area contributed by atoms with Crippen molar-refractivity contribution in [2.75, 3.05) is 0 Å². The van der Waals surface area contributed by atoms with Gasteiger partial charge in [0.15, 0.2) is 0 Å². The van der Waals surface area contributed by atoms with Gasteiger partial charge in [-0.25, -0.2) is 4.98 Å². The number of hydrogen-bond donors (Lipinski definition) is 1. The number of pyridine rings is 1. The number of hydrogen-bond acceptors (Lipinski definition) is 3. The summed E-state index contributed by atoms with van der Waals surface area (Å²) in [6, 6.07) is 11.7. The second-order valence-corrected chi connectivity index (χ2v) is 3.65. The second-order valence-electron chi connectivity index (χ2n) is 3.26. The Morgan fingerprint density at radius 1 is 1.18 bits per heavy atom. The average molecular weight is 249 g/mol. The van der Waals surface area contributed by atoms with Gasteiger partial charge in [0.2, 0.25) is 5.88 Å². The SMILES string of the molecule is NC(=O)c1ccccc1Oc1cccc(Cl)n1. The monoisotopic (exact) mass is 248 g/mol. The van der Waals surface area contributed by atoms with E-state index in [9.17, 15) is 4.79 Å². The van der Waals surface area contributed by atoms with Crippen LogP contribution < -0.4 is 10.5 Å². The Morgan fingerprint density at radius 2 is 1.94 bits per heavy atom. The molecule has 2 N–H and O–H groups in total. The number of carbonyl (C=O) groups excluding carboxylic acids is 1. The van der Waals surface area contributed by atoms with Crippen LogP contribution in [0.2, 0.25) is 5.15 Å². The van der Waals surface area contributed by atoms with E-state index in [0.29, 0.717) is 22.3 Å². The normalized spacial score (nSPS) is 9.94.